The minimum absolute atomic E-state index is 0.0917. The summed E-state index contributed by atoms with van der Waals surface area (Å²) in [5.74, 6) is 0.839. The van der Waals surface area contributed by atoms with Gasteiger partial charge in [-0.2, -0.15) is 0 Å². The van der Waals surface area contributed by atoms with E-state index in [4.69, 9.17) is 4.74 Å². The van der Waals surface area contributed by atoms with Gasteiger partial charge in [-0.15, -0.1) is 0 Å². The summed E-state index contributed by atoms with van der Waals surface area (Å²) in [4.78, 5) is 8.93. The van der Waals surface area contributed by atoms with Crippen molar-refractivity contribution in [1.29, 1.82) is 0 Å². The lowest BCUT2D eigenvalue weighted by atomic mass is 10.2. The quantitative estimate of drug-likeness (QED) is 0.813. The van der Waals surface area contributed by atoms with Crippen LogP contribution in [0.25, 0.3) is 0 Å². The van der Waals surface area contributed by atoms with Gasteiger partial charge in [0.25, 0.3) is 0 Å². The molecule has 1 aromatic heterocycles. The Bertz CT molecular complexity index is 671. The van der Waals surface area contributed by atoms with Gasteiger partial charge in [-0.3, -0.25) is 9.80 Å². The largest absolute Gasteiger partial charge is 0.488 e. The number of aryl methyl sites for hydroxylation is 1. The minimum Gasteiger partial charge on any atom is -0.488 e. The molecule has 6 nitrogen and oxygen atoms in total. The van der Waals surface area contributed by atoms with E-state index in [-0.39, 0.29) is 12.4 Å². The van der Waals surface area contributed by atoms with Crippen LogP contribution in [0.3, 0.4) is 0 Å². The second kappa shape index (κ2) is 8.42. The zero-order valence-electron chi connectivity index (χ0n) is 14.5. The molecule has 3 rings (SSSR count). The highest BCUT2D eigenvalue weighted by molar-refractivity contribution is 5.23. The summed E-state index contributed by atoms with van der Waals surface area (Å²) in [5.41, 5.74) is 0. The number of halogens is 1. The van der Waals surface area contributed by atoms with Crippen molar-refractivity contribution in [3.8, 4) is 5.75 Å². The molecule has 0 amide bonds. The SMILES string of the molecule is Cn1ccnc1CN1CCN(CC(O)COc2ccccc2F)CC1. The van der Waals surface area contributed by atoms with E-state index in [2.05, 4.69) is 14.8 Å². The molecule has 1 atom stereocenters. The molecule has 0 spiro atoms. The van der Waals surface area contributed by atoms with Gasteiger partial charge in [0, 0.05) is 52.2 Å². The second-order valence-electron chi connectivity index (χ2n) is 6.43. The molecular formula is C18H25FN4O2. The maximum absolute atomic E-state index is 13.5. The maximum atomic E-state index is 13.5. The van der Waals surface area contributed by atoms with Crippen molar-refractivity contribution in [3.05, 3.63) is 48.3 Å². The summed E-state index contributed by atoms with van der Waals surface area (Å²) in [6, 6.07) is 6.25. The lowest BCUT2D eigenvalue weighted by molar-refractivity contribution is 0.0431. The van der Waals surface area contributed by atoms with Gasteiger partial charge in [0.2, 0.25) is 0 Å². The monoisotopic (exact) mass is 348 g/mol. The van der Waals surface area contributed by atoms with Crippen LogP contribution in [0.4, 0.5) is 4.39 Å². The number of aliphatic hydroxyl groups excluding tert-OH is 1. The first-order valence-electron chi connectivity index (χ1n) is 8.58. The molecule has 0 aliphatic carbocycles. The Morgan fingerprint density at radius 2 is 1.92 bits per heavy atom. The molecule has 1 saturated heterocycles. The Labute approximate surface area is 147 Å². The van der Waals surface area contributed by atoms with E-state index in [0.717, 1.165) is 38.5 Å². The number of imidazole rings is 1. The molecule has 0 bridgehead atoms. The van der Waals surface area contributed by atoms with E-state index >= 15 is 0 Å². The Morgan fingerprint density at radius 3 is 2.60 bits per heavy atom. The van der Waals surface area contributed by atoms with Crippen molar-refractivity contribution in [2.24, 2.45) is 7.05 Å². The van der Waals surface area contributed by atoms with Crippen molar-refractivity contribution < 1.29 is 14.2 Å². The Hall–Kier alpha value is -1.96. The molecule has 1 aromatic carbocycles. The van der Waals surface area contributed by atoms with Crippen LogP contribution in [0.1, 0.15) is 5.82 Å². The normalized spacial score (nSPS) is 17.6. The number of aromatic nitrogens is 2. The van der Waals surface area contributed by atoms with E-state index in [1.54, 1.807) is 18.2 Å². The summed E-state index contributed by atoms with van der Waals surface area (Å²) >= 11 is 0. The number of hydrogen-bond acceptors (Lipinski definition) is 5. The fourth-order valence-corrected chi connectivity index (χ4v) is 2.98. The Morgan fingerprint density at radius 1 is 1.20 bits per heavy atom. The molecule has 2 heterocycles. The lowest BCUT2D eigenvalue weighted by Crippen LogP contribution is -2.49. The van der Waals surface area contributed by atoms with Gasteiger partial charge in [0.05, 0.1) is 6.54 Å². The van der Waals surface area contributed by atoms with E-state index < -0.39 is 11.9 Å². The van der Waals surface area contributed by atoms with Gasteiger partial charge in [-0.25, -0.2) is 9.37 Å². The fraction of sp³-hybridized carbons (Fsp3) is 0.500. The van der Waals surface area contributed by atoms with E-state index in [9.17, 15) is 9.50 Å². The van der Waals surface area contributed by atoms with Gasteiger partial charge in [-0.1, -0.05) is 12.1 Å². The third-order valence-electron chi connectivity index (χ3n) is 4.49. The predicted octanol–water partition coefficient (Wildman–Crippen LogP) is 1.12. The number of nitrogens with zero attached hydrogens (tertiary/aromatic N) is 4. The molecule has 0 radical (unpaired) electrons. The molecule has 2 aromatic rings. The smallest absolute Gasteiger partial charge is 0.165 e. The lowest BCUT2D eigenvalue weighted by Gasteiger charge is -2.35. The van der Waals surface area contributed by atoms with Crippen LogP contribution >= 0.6 is 0 Å². The van der Waals surface area contributed by atoms with Crippen molar-refractivity contribution in [1.82, 2.24) is 19.4 Å². The molecule has 25 heavy (non-hydrogen) atoms. The highest BCUT2D eigenvalue weighted by Crippen LogP contribution is 2.15. The number of benzene rings is 1. The number of piperazine rings is 1. The second-order valence-corrected chi connectivity index (χ2v) is 6.43. The van der Waals surface area contributed by atoms with Gasteiger partial charge >= 0.3 is 0 Å². The van der Waals surface area contributed by atoms with Crippen LogP contribution < -0.4 is 4.74 Å². The van der Waals surface area contributed by atoms with E-state index in [0.29, 0.717) is 6.54 Å². The van der Waals surface area contributed by atoms with Crippen LogP contribution in [0.2, 0.25) is 0 Å². The highest BCUT2D eigenvalue weighted by Gasteiger charge is 2.20. The minimum atomic E-state index is -0.638. The summed E-state index contributed by atoms with van der Waals surface area (Å²) in [6.45, 7) is 5.12. The molecule has 1 aliphatic rings. The van der Waals surface area contributed by atoms with E-state index in [1.807, 2.05) is 24.0 Å². The molecule has 1 unspecified atom stereocenters. The number of aliphatic hydroxyl groups is 1. The van der Waals surface area contributed by atoms with Crippen molar-refractivity contribution in [2.45, 2.75) is 12.6 Å². The zero-order chi connectivity index (χ0) is 17.6. The summed E-state index contributed by atoms with van der Waals surface area (Å²) in [7, 11) is 2.00. The van der Waals surface area contributed by atoms with Crippen LogP contribution in [-0.2, 0) is 13.6 Å². The van der Waals surface area contributed by atoms with Crippen molar-refractivity contribution in [3.63, 3.8) is 0 Å². The number of rotatable bonds is 7. The number of β-amino-alcohol motifs (C(OH)–C–C–N with tert-alkyl or cyclic N) is 1. The van der Waals surface area contributed by atoms with Crippen molar-refractivity contribution in [2.75, 3.05) is 39.3 Å². The van der Waals surface area contributed by atoms with Crippen LogP contribution in [0.5, 0.6) is 5.75 Å². The van der Waals surface area contributed by atoms with Gasteiger partial charge < -0.3 is 14.4 Å². The molecular weight excluding hydrogens is 323 g/mol. The molecule has 0 saturated carbocycles. The number of para-hydroxylation sites is 1. The average molecular weight is 348 g/mol. The summed E-state index contributed by atoms with van der Waals surface area (Å²) in [6.07, 6.45) is 3.13. The summed E-state index contributed by atoms with van der Waals surface area (Å²) < 4.78 is 20.9. The van der Waals surface area contributed by atoms with Crippen LogP contribution in [-0.4, -0.2) is 69.9 Å². The maximum Gasteiger partial charge on any atom is 0.165 e. The number of ether oxygens (including phenoxy) is 1. The van der Waals surface area contributed by atoms with Crippen LogP contribution in [0, 0.1) is 5.82 Å². The Balaban J connectivity index is 1.38. The first-order chi connectivity index (χ1) is 12.1. The van der Waals surface area contributed by atoms with Crippen molar-refractivity contribution >= 4 is 0 Å². The first-order valence-corrected chi connectivity index (χ1v) is 8.58. The fourth-order valence-electron chi connectivity index (χ4n) is 2.98. The molecule has 1 fully saturated rings. The molecule has 7 heteroatoms. The summed E-state index contributed by atoms with van der Waals surface area (Å²) in [5, 5.41) is 10.1. The zero-order valence-corrected chi connectivity index (χ0v) is 14.5. The van der Waals surface area contributed by atoms with Gasteiger partial charge in [0.15, 0.2) is 11.6 Å². The highest BCUT2D eigenvalue weighted by atomic mass is 19.1. The standard InChI is InChI=1S/C18H25FN4O2/c1-21-7-6-20-18(21)13-23-10-8-22(9-11-23)12-15(24)14-25-17-5-3-2-4-16(17)19/h2-7,15,24H,8-14H2,1H3. The molecule has 136 valence electrons. The van der Waals surface area contributed by atoms with Crippen LogP contribution in [0.15, 0.2) is 36.7 Å². The molecule has 1 N–H and O–H groups in total. The Kier molecular flexibility index (Phi) is 6.01. The number of hydrogen-bond donors (Lipinski definition) is 1. The van der Waals surface area contributed by atoms with Gasteiger partial charge in [-0.05, 0) is 12.1 Å². The predicted molar refractivity (Wildman–Crippen MR) is 92.8 cm³/mol. The molecule has 1 aliphatic heterocycles. The third-order valence-corrected chi connectivity index (χ3v) is 4.49. The van der Waals surface area contributed by atoms with E-state index in [1.165, 1.54) is 6.07 Å². The van der Waals surface area contributed by atoms with Gasteiger partial charge in [0.1, 0.15) is 18.5 Å². The third kappa shape index (κ3) is 5.01. The average Bonchev–Trinajstić information content (AvgIpc) is 3.01. The topological polar surface area (TPSA) is 53.8 Å². The first kappa shape index (κ1) is 17.8.